The van der Waals surface area contributed by atoms with Crippen LogP contribution in [-0.2, 0) is 29.4 Å². The molecule has 1 aromatic carbocycles. The number of aromatic nitrogens is 1. The molecular weight excluding hydrogens is 422 g/mol. The topological polar surface area (TPSA) is 84.1 Å². The summed E-state index contributed by atoms with van der Waals surface area (Å²) in [5.41, 5.74) is 3.20. The number of hydrogen-bond donors (Lipinski definition) is 1. The minimum atomic E-state index is -0.530. The third-order valence-electron chi connectivity index (χ3n) is 5.81. The summed E-state index contributed by atoms with van der Waals surface area (Å²) in [7, 11) is 1.93. The Morgan fingerprint density at radius 1 is 1.38 bits per heavy atom. The summed E-state index contributed by atoms with van der Waals surface area (Å²) in [6.45, 7) is 4.21. The number of ether oxygens (including phenoxy) is 1. The molecule has 0 saturated heterocycles. The van der Waals surface area contributed by atoms with E-state index in [1.165, 1.54) is 11.3 Å². The van der Waals surface area contributed by atoms with Crippen molar-refractivity contribution in [3.63, 3.8) is 0 Å². The second kappa shape index (κ2) is 9.01. The Labute approximate surface area is 191 Å². The van der Waals surface area contributed by atoms with E-state index in [1.54, 1.807) is 13.0 Å². The molecule has 0 fully saturated rings. The standard InChI is InChI=1S/C25H25N3O3S/c1-4-31-25(30)22-19-10-9-15(2)11-21(19)32-24(22)27-23(29)16(13-26)12-17-14-28(3)20-8-6-5-7-18(17)20/h5-8,12,14-15H,4,9-11H2,1-3H3,(H,27,29)/b16-12+/t15-/m0/s1. The first-order valence-corrected chi connectivity index (χ1v) is 11.5. The van der Waals surface area contributed by atoms with Crippen molar-refractivity contribution in [2.24, 2.45) is 13.0 Å². The number of nitriles is 1. The number of aryl methyl sites for hydroxylation is 1. The number of benzene rings is 1. The molecule has 32 heavy (non-hydrogen) atoms. The summed E-state index contributed by atoms with van der Waals surface area (Å²) >= 11 is 1.42. The number of anilines is 1. The molecule has 1 amide bonds. The van der Waals surface area contributed by atoms with E-state index in [0.717, 1.165) is 46.2 Å². The van der Waals surface area contributed by atoms with Crippen molar-refractivity contribution >= 4 is 45.2 Å². The number of thiophene rings is 1. The molecule has 0 radical (unpaired) electrons. The fourth-order valence-corrected chi connectivity index (χ4v) is 5.61. The molecule has 1 aliphatic carbocycles. The van der Waals surface area contributed by atoms with Crippen molar-refractivity contribution in [1.82, 2.24) is 4.57 Å². The second-order valence-electron chi connectivity index (χ2n) is 8.11. The first kappa shape index (κ1) is 21.8. The van der Waals surface area contributed by atoms with Crippen LogP contribution in [0.3, 0.4) is 0 Å². The minimum absolute atomic E-state index is 0.0177. The SMILES string of the molecule is CCOC(=O)c1c(NC(=O)/C(C#N)=C/c2cn(C)c3ccccc23)sc2c1CC[C@H](C)C2. The van der Waals surface area contributed by atoms with Crippen molar-refractivity contribution < 1.29 is 14.3 Å². The van der Waals surface area contributed by atoms with Crippen LogP contribution < -0.4 is 5.32 Å². The van der Waals surface area contributed by atoms with E-state index >= 15 is 0 Å². The molecule has 2 aromatic heterocycles. The molecule has 3 aromatic rings. The molecule has 1 N–H and O–H groups in total. The smallest absolute Gasteiger partial charge is 0.341 e. The van der Waals surface area contributed by atoms with Gasteiger partial charge in [-0.15, -0.1) is 11.3 Å². The zero-order valence-electron chi connectivity index (χ0n) is 18.4. The lowest BCUT2D eigenvalue weighted by atomic mass is 9.88. The Balaban J connectivity index is 1.69. The van der Waals surface area contributed by atoms with Crippen molar-refractivity contribution in [1.29, 1.82) is 5.26 Å². The second-order valence-corrected chi connectivity index (χ2v) is 9.22. The quantitative estimate of drug-likeness (QED) is 0.336. The van der Waals surface area contributed by atoms with Crippen LogP contribution in [0.15, 0.2) is 36.0 Å². The number of carbonyl (C=O) groups excluding carboxylic acids is 2. The van der Waals surface area contributed by atoms with Gasteiger partial charge in [0, 0.05) is 34.6 Å². The Hall–Kier alpha value is -3.37. The Bertz CT molecular complexity index is 1280. The summed E-state index contributed by atoms with van der Waals surface area (Å²) in [6, 6.07) is 9.84. The first-order chi connectivity index (χ1) is 15.4. The molecule has 164 valence electrons. The highest BCUT2D eigenvalue weighted by Gasteiger charge is 2.29. The molecule has 1 atom stereocenters. The van der Waals surface area contributed by atoms with Gasteiger partial charge in [-0.1, -0.05) is 25.1 Å². The molecule has 6 nitrogen and oxygen atoms in total. The molecule has 0 aliphatic heterocycles. The number of amides is 1. The Morgan fingerprint density at radius 3 is 2.91 bits per heavy atom. The highest BCUT2D eigenvalue weighted by molar-refractivity contribution is 7.17. The van der Waals surface area contributed by atoms with Gasteiger partial charge in [-0.2, -0.15) is 5.26 Å². The third-order valence-corrected chi connectivity index (χ3v) is 6.98. The van der Waals surface area contributed by atoms with Gasteiger partial charge in [0.25, 0.3) is 5.91 Å². The maximum absolute atomic E-state index is 13.0. The predicted octanol–water partition coefficient (Wildman–Crippen LogP) is 5.09. The largest absolute Gasteiger partial charge is 0.462 e. The molecule has 4 rings (SSSR count). The molecule has 1 aliphatic rings. The van der Waals surface area contributed by atoms with Gasteiger partial charge in [-0.3, -0.25) is 4.79 Å². The minimum Gasteiger partial charge on any atom is -0.462 e. The van der Waals surface area contributed by atoms with E-state index in [2.05, 4.69) is 12.2 Å². The lowest BCUT2D eigenvalue weighted by Crippen LogP contribution is -2.17. The number of para-hydroxylation sites is 1. The van der Waals surface area contributed by atoms with Gasteiger partial charge in [0.15, 0.2) is 0 Å². The molecule has 2 heterocycles. The summed E-state index contributed by atoms with van der Waals surface area (Å²) in [5, 5.41) is 14.0. The summed E-state index contributed by atoms with van der Waals surface area (Å²) in [4.78, 5) is 26.8. The first-order valence-electron chi connectivity index (χ1n) is 10.7. The van der Waals surface area contributed by atoms with Crippen LogP contribution in [0.5, 0.6) is 0 Å². The highest BCUT2D eigenvalue weighted by Crippen LogP contribution is 2.40. The number of rotatable bonds is 5. The van der Waals surface area contributed by atoms with E-state index in [4.69, 9.17) is 4.74 Å². The van der Waals surface area contributed by atoms with Crippen molar-refractivity contribution in [2.75, 3.05) is 11.9 Å². The van der Waals surface area contributed by atoms with Gasteiger partial charge >= 0.3 is 5.97 Å². The molecule has 0 unspecified atom stereocenters. The van der Waals surface area contributed by atoms with Crippen LogP contribution in [0.2, 0.25) is 0 Å². The summed E-state index contributed by atoms with van der Waals surface area (Å²) in [6.07, 6.45) is 6.14. The summed E-state index contributed by atoms with van der Waals surface area (Å²) < 4.78 is 7.23. The molecule has 7 heteroatoms. The van der Waals surface area contributed by atoms with E-state index in [-0.39, 0.29) is 12.2 Å². The predicted molar refractivity (Wildman–Crippen MR) is 127 cm³/mol. The van der Waals surface area contributed by atoms with Crippen LogP contribution >= 0.6 is 11.3 Å². The monoisotopic (exact) mass is 447 g/mol. The lowest BCUT2D eigenvalue weighted by molar-refractivity contribution is -0.112. The van der Waals surface area contributed by atoms with Crippen LogP contribution in [0, 0.1) is 17.2 Å². The van der Waals surface area contributed by atoms with E-state index in [9.17, 15) is 14.9 Å². The fourth-order valence-electron chi connectivity index (χ4n) is 4.22. The van der Waals surface area contributed by atoms with Crippen molar-refractivity contribution in [2.45, 2.75) is 33.1 Å². The maximum atomic E-state index is 13.0. The van der Waals surface area contributed by atoms with Gasteiger partial charge in [0.05, 0.1) is 12.2 Å². The van der Waals surface area contributed by atoms with Gasteiger partial charge in [0.2, 0.25) is 0 Å². The number of esters is 1. The Kier molecular flexibility index (Phi) is 6.15. The average molecular weight is 448 g/mol. The normalized spacial score (nSPS) is 15.8. The van der Waals surface area contributed by atoms with E-state index in [1.807, 2.05) is 48.1 Å². The van der Waals surface area contributed by atoms with Gasteiger partial charge in [-0.25, -0.2) is 4.79 Å². The third kappa shape index (κ3) is 4.06. The Morgan fingerprint density at radius 2 is 2.16 bits per heavy atom. The maximum Gasteiger partial charge on any atom is 0.341 e. The molecule has 0 saturated carbocycles. The lowest BCUT2D eigenvalue weighted by Gasteiger charge is -2.18. The van der Waals surface area contributed by atoms with Gasteiger partial charge in [0.1, 0.15) is 16.6 Å². The molecular formula is C25H25N3O3S. The number of hydrogen-bond acceptors (Lipinski definition) is 5. The zero-order valence-corrected chi connectivity index (χ0v) is 19.2. The van der Waals surface area contributed by atoms with Crippen molar-refractivity contribution in [3.8, 4) is 6.07 Å². The summed E-state index contributed by atoms with van der Waals surface area (Å²) in [5.74, 6) is -0.426. The number of fused-ring (bicyclic) bond motifs is 2. The van der Waals surface area contributed by atoms with Gasteiger partial charge in [-0.05, 0) is 49.8 Å². The van der Waals surface area contributed by atoms with E-state index < -0.39 is 11.9 Å². The van der Waals surface area contributed by atoms with Crippen LogP contribution in [0.1, 0.15) is 46.6 Å². The number of nitrogens with one attached hydrogen (secondary N) is 1. The fraction of sp³-hybridized carbons (Fsp3) is 0.320. The molecule has 0 spiro atoms. The van der Waals surface area contributed by atoms with Crippen LogP contribution in [0.25, 0.3) is 17.0 Å². The number of carbonyl (C=O) groups is 2. The van der Waals surface area contributed by atoms with Crippen molar-refractivity contribution in [3.05, 3.63) is 57.6 Å². The average Bonchev–Trinajstić information content (AvgIpc) is 3.28. The van der Waals surface area contributed by atoms with Gasteiger partial charge < -0.3 is 14.6 Å². The van der Waals surface area contributed by atoms with Crippen LogP contribution in [-0.4, -0.2) is 23.1 Å². The molecule has 0 bridgehead atoms. The highest BCUT2D eigenvalue weighted by atomic mass is 32.1. The van der Waals surface area contributed by atoms with E-state index in [0.29, 0.717) is 16.5 Å². The number of nitrogens with zero attached hydrogens (tertiary/aromatic N) is 2. The zero-order chi connectivity index (χ0) is 22.8. The van der Waals surface area contributed by atoms with Crippen LogP contribution in [0.4, 0.5) is 5.00 Å².